The molecule has 1 atom stereocenters. The van der Waals surface area contributed by atoms with Gasteiger partial charge in [0.25, 0.3) is 5.91 Å². The molecule has 1 amide bonds. The molecular weight excluding hydrogens is 425 g/mol. The van der Waals surface area contributed by atoms with E-state index in [-0.39, 0.29) is 23.9 Å². The lowest BCUT2D eigenvalue weighted by molar-refractivity contribution is -0.139. The highest BCUT2D eigenvalue weighted by Gasteiger charge is 2.36. The average Bonchev–Trinajstić information content (AvgIpc) is 3.41. The largest absolute Gasteiger partial charge is 0.494 e. The first-order valence-corrected chi connectivity index (χ1v) is 9.93. The van der Waals surface area contributed by atoms with Gasteiger partial charge in [0.1, 0.15) is 29.0 Å². The van der Waals surface area contributed by atoms with Crippen molar-refractivity contribution in [2.45, 2.75) is 25.6 Å². The van der Waals surface area contributed by atoms with Crippen molar-refractivity contribution in [1.82, 2.24) is 19.4 Å². The molecule has 1 saturated heterocycles. The molecule has 1 aliphatic heterocycles. The first kappa shape index (κ1) is 21.7. The van der Waals surface area contributed by atoms with Gasteiger partial charge < -0.3 is 18.9 Å². The molecule has 0 N–H and O–H groups in total. The van der Waals surface area contributed by atoms with E-state index in [1.54, 1.807) is 17.0 Å². The Morgan fingerprint density at radius 1 is 1.19 bits per heavy atom. The number of carbonyl (C=O) groups excluding carboxylic acids is 1. The van der Waals surface area contributed by atoms with Crippen molar-refractivity contribution in [2.75, 3.05) is 20.2 Å². The molecule has 168 valence electrons. The third-order valence-electron chi connectivity index (χ3n) is 5.19. The van der Waals surface area contributed by atoms with E-state index >= 15 is 0 Å². The van der Waals surface area contributed by atoms with Gasteiger partial charge in [0.05, 0.1) is 37.4 Å². The van der Waals surface area contributed by atoms with Crippen LogP contribution < -0.4 is 9.47 Å². The number of carbonyl (C=O) groups is 1. The number of likely N-dealkylation sites (tertiary alicyclic amines) is 1. The molecule has 0 spiro atoms. The predicted molar refractivity (Wildman–Crippen MR) is 109 cm³/mol. The number of nitrogens with zero attached hydrogens (tertiary/aromatic N) is 4. The number of rotatable bonds is 5. The van der Waals surface area contributed by atoms with Crippen molar-refractivity contribution in [3.63, 3.8) is 0 Å². The van der Waals surface area contributed by atoms with Crippen molar-refractivity contribution >= 4 is 5.91 Å². The van der Waals surface area contributed by atoms with Crippen LogP contribution in [0.1, 0.15) is 28.2 Å². The minimum atomic E-state index is -4.51. The molecule has 0 saturated carbocycles. The van der Waals surface area contributed by atoms with Crippen LogP contribution in [-0.2, 0) is 6.18 Å². The second kappa shape index (κ2) is 8.52. The molecule has 3 aromatic rings. The first-order valence-electron chi connectivity index (χ1n) is 9.93. The van der Waals surface area contributed by atoms with Crippen LogP contribution in [0.5, 0.6) is 11.5 Å². The van der Waals surface area contributed by atoms with Crippen LogP contribution in [0.15, 0.2) is 49.1 Å². The van der Waals surface area contributed by atoms with Gasteiger partial charge in [-0.3, -0.25) is 4.79 Å². The highest BCUT2D eigenvalue weighted by atomic mass is 19.4. The Balaban J connectivity index is 1.48. The zero-order valence-electron chi connectivity index (χ0n) is 17.5. The number of imidazole rings is 1. The Bertz CT molecular complexity index is 1130. The predicted octanol–water partition coefficient (Wildman–Crippen LogP) is 3.90. The van der Waals surface area contributed by atoms with Crippen LogP contribution in [-0.4, -0.2) is 51.6 Å². The second-order valence-electron chi connectivity index (χ2n) is 7.44. The number of alkyl halides is 3. The van der Waals surface area contributed by atoms with Gasteiger partial charge in [-0.05, 0) is 19.1 Å². The van der Waals surface area contributed by atoms with Crippen LogP contribution in [0.4, 0.5) is 13.2 Å². The van der Waals surface area contributed by atoms with Gasteiger partial charge in [0.15, 0.2) is 0 Å². The Morgan fingerprint density at radius 2 is 1.97 bits per heavy atom. The zero-order valence-corrected chi connectivity index (χ0v) is 17.5. The van der Waals surface area contributed by atoms with Crippen molar-refractivity contribution < 1.29 is 27.4 Å². The van der Waals surface area contributed by atoms with Crippen LogP contribution in [0.2, 0.25) is 0 Å². The van der Waals surface area contributed by atoms with Gasteiger partial charge in [-0.2, -0.15) is 13.2 Å². The number of methoxy groups -OCH3 is 1. The van der Waals surface area contributed by atoms with Gasteiger partial charge in [-0.1, -0.05) is 12.1 Å². The molecule has 7 nitrogen and oxygen atoms in total. The Morgan fingerprint density at radius 3 is 2.66 bits per heavy atom. The number of hydrogen-bond donors (Lipinski definition) is 0. The van der Waals surface area contributed by atoms with Crippen LogP contribution in [0.3, 0.4) is 0 Å². The summed E-state index contributed by atoms with van der Waals surface area (Å²) in [6, 6.07) is 6.61. The van der Waals surface area contributed by atoms with Crippen LogP contribution >= 0.6 is 0 Å². The van der Waals surface area contributed by atoms with E-state index in [9.17, 15) is 18.0 Å². The van der Waals surface area contributed by atoms with E-state index in [0.717, 1.165) is 11.8 Å². The summed E-state index contributed by atoms with van der Waals surface area (Å²) in [6.07, 6.45) is 0.316. The average molecular weight is 446 g/mol. The van der Waals surface area contributed by atoms with Crippen molar-refractivity contribution in [3.05, 3.63) is 66.0 Å². The minimum absolute atomic E-state index is 0.164. The Hall–Kier alpha value is -3.56. The second-order valence-corrected chi connectivity index (χ2v) is 7.44. The molecule has 0 radical (unpaired) electrons. The van der Waals surface area contributed by atoms with Crippen molar-refractivity contribution in [2.24, 2.45) is 0 Å². The molecule has 0 bridgehead atoms. The quantitative estimate of drug-likeness (QED) is 0.595. The fraction of sp³-hybridized carbons (Fsp3) is 0.318. The molecule has 1 aromatic carbocycles. The number of pyridine rings is 1. The SMILES string of the molecule is COc1cc(C(=O)N2CC[C@H](Oc3ccccc3C(F)(F)F)C2)ncc1-n1cnc(C)c1. The van der Waals surface area contributed by atoms with Gasteiger partial charge in [0.2, 0.25) is 0 Å². The lowest BCUT2D eigenvalue weighted by Gasteiger charge is -2.19. The zero-order chi connectivity index (χ0) is 22.9. The highest BCUT2D eigenvalue weighted by Crippen LogP contribution is 2.37. The molecule has 4 rings (SSSR count). The topological polar surface area (TPSA) is 69.5 Å². The van der Waals surface area contributed by atoms with E-state index in [1.165, 1.54) is 36.4 Å². The number of aryl methyl sites for hydroxylation is 1. The molecule has 1 aliphatic rings. The van der Waals surface area contributed by atoms with Crippen molar-refractivity contribution in [1.29, 1.82) is 0 Å². The van der Waals surface area contributed by atoms with Gasteiger partial charge in [-0.15, -0.1) is 0 Å². The number of para-hydroxylation sites is 1. The van der Waals surface area contributed by atoms with Crippen LogP contribution in [0, 0.1) is 6.92 Å². The maximum atomic E-state index is 13.2. The fourth-order valence-corrected chi connectivity index (χ4v) is 3.61. The third kappa shape index (κ3) is 4.39. The Kier molecular flexibility index (Phi) is 5.77. The molecule has 0 aliphatic carbocycles. The van der Waals surface area contributed by atoms with Gasteiger partial charge in [-0.25, -0.2) is 9.97 Å². The number of halogens is 3. The smallest absolute Gasteiger partial charge is 0.419 e. The number of amides is 1. The molecule has 1 fully saturated rings. The van der Waals surface area contributed by atoms with E-state index in [1.807, 2.05) is 13.1 Å². The number of aromatic nitrogens is 3. The van der Waals surface area contributed by atoms with E-state index in [4.69, 9.17) is 9.47 Å². The summed E-state index contributed by atoms with van der Waals surface area (Å²) in [5.74, 6) is -0.127. The fourth-order valence-electron chi connectivity index (χ4n) is 3.61. The van der Waals surface area contributed by atoms with Gasteiger partial charge >= 0.3 is 6.18 Å². The monoisotopic (exact) mass is 446 g/mol. The lowest BCUT2D eigenvalue weighted by atomic mass is 10.2. The van der Waals surface area contributed by atoms with Crippen LogP contribution in [0.25, 0.3) is 5.69 Å². The highest BCUT2D eigenvalue weighted by molar-refractivity contribution is 5.93. The standard InChI is InChI=1S/C22H21F3N4O3/c1-14-11-29(13-27-14)18-10-26-17(9-20(18)31-2)21(30)28-8-7-15(12-28)32-19-6-4-3-5-16(19)22(23,24)25/h3-6,9-11,13,15H,7-8,12H2,1-2H3/t15-/m0/s1. The summed E-state index contributed by atoms with van der Waals surface area (Å²) in [5, 5.41) is 0. The lowest BCUT2D eigenvalue weighted by Crippen LogP contribution is -2.31. The number of hydrogen-bond acceptors (Lipinski definition) is 5. The summed E-state index contributed by atoms with van der Waals surface area (Å²) in [4.78, 5) is 22.9. The van der Waals surface area contributed by atoms with Gasteiger partial charge in [0, 0.05) is 25.2 Å². The molecule has 32 heavy (non-hydrogen) atoms. The molecule has 10 heteroatoms. The van der Waals surface area contributed by atoms with E-state index < -0.39 is 17.8 Å². The molecular formula is C22H21F3N4O3. The number of ether oxygens (including phenoxy) is 2. The van der Waals surface area contributed by atoms with E-state index in [0.29, 0.717) is 24.4 Å². The summed E-state index contributed by atoms with van der Waals surface area (Å²) in [7, 11) is 1.49. The summed E-state index contributed by atoms with van der Waals surface area (Å²) >= 11 is 0. The van der Waals surface area contributed by atoms with Crippen molar-refractivity contribution in [3.8, 4) is 17.2 Å². The normalized spacial score (nSPS) is 16.3. The summed E-state index contributed by atoms with van der Waals surface area (Å²) < 4.78 is 52.4. The van der Waals surface area contributed by atoms with E-state index in [2.05, 4.69) is 9.97 Å². The molecule has 0 unspecified atom stereocenters. The summed E-state index contributed by atoms with van der Waals surface area (Å²) in [6.45, 7) is 2.37. The molecule has 2 aromatic heterocycles. The molecule has 3 heterocycles. The minimum Gasteiger partial charge on any atom is -0.494 e. The maximum Gasteiger partial charge on any atom is 0.419 e. The first-order chi connectivity index (χ1) is 15.3. The summed E-state index contributed by atoms with van der Waals surface area (Å²) in [5.41, 5.74) is 0.804. The number of benzene rings is 1. The maximum absolute atomic E-state index is 13.2. The Labute approximate surface area is 182 Å². The third-order valence-corrected chi connectivity index (χ3v) is 5.19.